The summed E-state index contributed by atoms with van der Waals surface area (Å²) in [6.45, 7) is 2.00. The lowest BCUT2D eigenvalue weighted by Gasteiger charge is -1.94. The van der Waals surface area contributed by atoms with Crippen molar-refractivity contribution >= 4 is 23.2 Å². The lowest BCUT2D eigenvalue weighted by molar-refractivity contribution is 0.429. The van der Waals surface area contributed by atoms with Crippen molar-refractivity contribution in [2.75, 3.05) is 0 Å². The molecule has 0 radical (unpaired) electrons. The molecule has 5 heteroatoms. The van der Waals surface area contributed by atoms with E-state index >= 15 is 0 Å². The molecule has 1 heterocycles. The average molecular weight is 248 g/mol. The van der Waals surface area contributed by atoms with Crippen LogP contribution in [0.2, 0.25) is 0 Å². The van der Waals surface area contributed by atoms with Crippen molar-refractivity contribution in [2.24, 2.45) is 12.0 Å². The summed E-state index contributed by atoms with van der Waals surface area (Å²) in [5.74, 6) is -0.0455. The fraction of sp³-hybridized carbons (Fsp3) is 0.167. The second-order valence-electron chi connectivity index (χ2n) is 3.71. The second kappa shape index (κ2) is 4.55. The van der Waals surface area contributed by atoms with E-state index < -0.39 is 0 Å². The van der Waals surface area contributed by atoms with Crippen molar-refractivity contribution in [2.45, 2.75) is 6.92 Å². The van der Waals surface area contributed by atoms with E-state index in [1.54, 1.807) is 0 Å². The molecule has 0 atom stereocenters. The van der Waals surface area contributed by atoms with Gasteiger partial charge in [-0.25, -0.2) is 0 Å². The highest BCUT2D eigenvalue weighted by Crippen LogP contribution is 2.18. The quantitative estimate of drug-likeness (QED) is 0.828. The Labute approximate surface area is 103 Å². The largest absolute Gasteiger partial charge is 0.493 e. The Bertz CT molecular complexity index is 608. The van der Waals surface area contributed by atoms with Crippen LogP contribution in [0.4, 0.5) is 5.69 Å². The second-order valence-corrected chi connectivity index (χ2v) is 4.70. The van der Waals surface area contributed by atoms with Crippen LogP contribution in [0.1, 0.15) is 10.4 Å². The summed E-state index contributed by atoms with van der Waals surface area (Å²) in [4.78, 5) is 15.8. The molecule has 1 aromatic heterocycles. The van der Waals surface area contributed by atoms with Crippen molar-refractivity contribution in [1.29, 1.82) is 0 Å². The zero-order chi connectivity index (χ0) is 12.4. The van der Waals surface area contributed by atoms with Crippen LogP contribution in [-0.2, 0) is 7.05 Å². The highest BCUT2D eigenvalue weighted by Gasteiger charge is 2.07. The van der Waals surface area contributed by atoms with Gasteiger partial charge in [-0.05, 0) is 19.1 Å². The first-order valence-corrected chi connectivity index (χ1v) is 5.89. The minimum Gasteiger partial charge on any atom is -0.493 e. The number of aryl methyl sites for hydroxylation is 1. The van der Waals surface area contributed by atoms with Crippen LogP contribution in [0.3, 0.4) is 0 Å². The van der Waals surface area contributed by atoms with Gasteiger partial charge in [0.2, 0.25) is 5.88 Å². The third-order valence-corrected chi connectivity index (χ3v) is 3.33. The molecule has 0 spiro atoms. The fourth-order valence-electron chi connectivity index (χ4n) is 1.31. The van der Waals surface area contributed by atoms with Gasteiger partial charge in [0.15, 0.2) is 0 Å². The van der Waals surface area contributed by atoms with Crippen molar-refractivity contribution in [1.82, 2.24) is 4.57 Å². The smallest absolute Gasteiger partial charge is 0.310 e. The predicted molar refractivity (Wildman–Crippen MR) is 69.7 cm³/mol. The number of aromatic hydroxyl groups is 1. The number of aliphatic imine (C=N–C) groups is 1. The Morgan fingerprint density at radius 1 is 1.35 bits per heavy atom. The van der Waals surface area contributed by atoms with Crippen LogP contribution < -0.4 is 4.87 Å². The molecule has 0 aliphatic carbocycles. The first kappa shape index (κ1) is 11.6. The van der Waals surface area contributed by atoms with Crippen molar-refractivity contribution in [3.05, 3.63) is 44.4 Å². The van der Waals surface area contributed by atoms with Crippen LogP contribution in [-0.4, -0.2) is 15.9 Å². The molecule has 1 N–H and O–H groups in total. The lowest BCUT2D eigenvalue weighted by atomic mass is 10.2. The Balaban J connectivity index is 2.29. The summed E-state index contributed by atoms with van der Waals surface area (Å²) in [6, 6.07) is 7.68. The van der Waals surface area contributed by atoms with Gasteiger partial charge in [-0.2, -0.15) is 0 Å². The SMILES string of the molecule is Cc1ccc(N=Cc2sc(=O)n(C)c2O)cc1. The summed E-state index contributed by atoms with van der Waals surface area (Å²) in [6.07, 6.45) is 1.51. The first-order chi connectivity index (χ1) is 8.08. The topological polar surface area (TPSA) is 54.6 Å². The zero-order valence-corrected chi connectivity index (χ0v) is 10.4. The maximum absolute atomic E-state index is 11.3. The van der Waals surface area contributed by atoms with Crippen molar-refractivity contribution in [3.63, 3.8) is 0 Å². The highest BCUT2D eigenvalue weighted by molar-refractivity contribution is 7.11. The summed E-state index contributed by atoms with van der Waals surface area (Å²) < 4.78 is 1.20. The van der Waals surface area contributed by atoms with Gasteiger partial charge in [-0.1, -0.05) is 29.0 Å². The Hall–Kier alpha value is -1.88. The van der Waals surface area contributed by atoms with Crippen LogP contribution in [0.5, 0.6) is 5.88 Å². The van der Waals surface area contributed by atoms with Gasteiger partial charge in [0.05, 0.1) is 11.9 Å². The monoisotopic (exact) mass is 248 g/mol. The summed E-state index contributed by atoms with van der Waals surface area (Å²) >= 11 is 0.971. The first-order valence-electron chi connectivity index (χ1n) is 5.07. The van der Waals surface area contributed by atoms with Crippen LogP contribution in [0.15, 0.2) is 34.1 Å². The van der Waals surface area contributed by atoms with Crippen LogP contribution in [0, 0.1) is 6.92 Å². The van der Waals surface area contributed by atoms with E-state index in [1.165, 1.54) is 17.8 Å². The van der Waals surface area contributed by atoms with E-state index in [9.17, 15) is 9.90 Å². The molecule has 4 nitrogen and oxygen atoms in total. The van der Waals surface area contributed by atoms with Crippen molar-refractivity contribution < 1.29 is 5.11 Å². The van der Waals surface area contributed by atoms with Crippen LogP contribution >= 0.6 is 11.3 Å². The molecule has 0 fully saturated rings. The van der Waals surface area contributed by atoms with Gasteiger partial charge >= 0.3 is 4.87 Å². The molecule has 17 heavy (non-hydrogen) atoms. The van der Waals surface area contributed by atoms with Gasteiger partial charge < -0.3 is 5.11 Å². The summed E-state index contributed by atoms with van der Waals surface area (Å²) in [7, 11) is 1.53. The number of hydrogen-bond acceptors (Lipinski definition) is 4. The molecule has 1 aromatic carbocycles. The Morgan fingerprint density at radius 3 is 2.53 bits per heavy atom. The maximum atomic E-state index is 11.3. The van der Waals surface area contributed by atoms with E-state index in [4.69, 9.17) is 0 Å². The Kier molecular flexibility index (Phi) is 3.10. The molecule has 0 saturated carbocycles. The van der Waals surface area contributed by atoms with E-state index in [-0.39, 0.29) is 10.8 Å². The minimum absolute atomic E-state index is 0.0455. The van der Waals surface area contributed by atoms with E-state index in [0.29, 0.717) is 4.88 Å². The molecule has 0 aliphatic rings. The molecule has 0 aliphatic heterocycles. The lowest BCUT2D eigenvalue weighted by Crippen LogP contribution is -2.05. The van der Waals surface area contributed by atoms with Gasteiger partial charge in [-0.3, -0.25) is 14.4 Å². The van der Waals surface area contributed by atoms with Crippen LogP contribution in [0.25, 0.3) is 0 Å². The van der Waals surface area contributed by atoms with Crippen molar-refractivity contribution in [3.8, 4) is 5.88 Å². The molecule has 88 valence electrons. The number of thiazole rings is 1. The standard InChI is InChI=1S/C12H12N2O2S/c1-8-3-5-9(6-4-8)13-7-10-11(15)14(2)12(16)17-10/h3-7,15H,1-2H3. The zero-order valence-electron chi connectivity index (χ0n) is 9.54. The van der Waals surface area contributed by atoms with Gasteiger partial charge in [0.1, 0.15) is 4.88 Å². The highest BCUT2D eigenvalue weighted by atomic mass is 32.1. The summed E-state index contributed by atoms with van der Waals surface area (Å²) in [5.41, 5.74) is 1.95. The number of hydrogen-bond donors (Lipinski definition) is 1. The average Bonchev–Trinajstić information content (AvgIpc) is 2.56. The Morgan fingerprint density at radius 2 is 2.00 bits per heavy atom. The molecular formula is C12H12N2O2S. The van der Waals surface area contributed by atoms with Gasteiger partial charge in [-0.15, -0.1) is 0 Å². The molecular weight excluding hydrogens is 236 g/mol. The van der Waals surface area contributed by atoms with E-state index in [0.717, 1.165) is 22.6 Å². The number of aromatic nitrogens is 1. The van der Waals surface area contributed by atoms with E-state index in [2.05, 4.69) is 4.99 Å². The molecule has 2 aromatic rings. The normalized spacial score (nSPS) is 11.2. The van der Waals surface area contributed by atoms with E-state index in [1.807, 2.05) is 31.2 Å². The number of nitrogens with zero attached hydrogens (tertiary/aromatic N) is 2. The third-order valence-electron chi connectivity index (χ3n) is 2.37. The molecule has 2 rings (SSSR count). The predicted octanol–water partition coefficient (Wildman–Crippen LogP) is 2.21. The maximum Gasteiger partial charge on any atom is 0.310 e. The number of rotatable bonds is 2. The fourth-order valence-corrected chi connectivity index (χ4v) is 2.05. The number of benzene rings is 1. The molecule has 0 unspecified atom stereocenters. The van der Waals surface area contributed by atoms with Gasteiger partial charge in [0, 0.05) is 7.05 Å². The van der Waals surface area contributed by atoms with Gasteiger partial charge in [0.25, 0.3) is 0 Å². The third kappa shape index (κ3) is 2.45. The summed E-state index contributed by atoms with van der Waals surface area (Å²) in [5, 5.41) is 9.62. The molecule has 0 bridgehead atoms. The molecule has 0 saturated heterocycles. The molecule has 0 amide bonds. The minimum atomic E-state index is -0.201.